The molecule has 8 heteroatoms. The first kappa shape index (κ1) is 20.1. The average molecular weight is 429 g/mol. The van der Waals surface area contributed by atoms with Gasteiger partial charge in [0.1, 0.15) is 11.6 Å². The number of hydrogen-bond donors (Lipinski definition) is 2. The molecule has 1 unspecified atom stereocenters. The van der Waals surface area contributed by atoms with Gasteiger partial charge in [0.05, 0.1) is 34.9 Å². The largest absolute Gasteiger partial charge is 0.496 e. The van der Waals surface area contributed by atoms with Crippen molar-refractivity contribution >= 4 is 23.4 Å². The maximum atomic E-state index is 14.7. The van der Waals surface area contributed by atoms with Gasteiger partial charge in [-0.1, -0.05) is 17.7 Å². The van der Waals surface area contributed by atoms with Gasteiger partial charge in [-0.3, -0.25) is 9.89 Å². The standard InChI is InChI=1S/C22H18ClFN2O4/c1-30-17-7-3-5-14(23)19(17)21(27)13-4-2-6-16-18(13)20(26-25-16)12-9-8-11(22(28)29)10-15(12)24/h3,5,7-10,13H,2,4,6H2,1H3,(H,25,26)(H,28,29). The van der Waals surface area contributed by atoms with Crippen molar-refractivity contribution in [3.05, 3.63) is 69.6 Å². The fourth-order valence-corrected chi connectivity index (χ4v) is 4.23. The van der Waals surface area contributed by atoms with E-state index in [9.17, 15) is 14.0 Å². The lowest BCUT2D eigenvalue weighted by Gasteiger charge is -2.23. The van der Waals surface area contributed by atoms with E-state index < -0.39 is 17.7 Å². The second kappa shape index (κ2) is 7.91. The van der Waals surface area contributed by atoms with Crippen molar-refractivity contribution in [2.24, 2.45) is 0 Å². The fourth-order valence-electron chi connectivity index (χ4n) is 3.98. The van der Waals surface area contributed by atoms with Gasteiger partial charge in [-0.2, -0.15) is 5.10 Å². The van der Waals surface area contributed by atoms with E-state index >= 15 is 0 Å². The van der Waals surface area contributed by atoms with E-state index in [1.54, 1.807) is 18.2 Å². The molecule has 1 aliphatic rings. The van der Waals surface area contributed by atoms with Crippen LogP contribution in [0.1, 0.15) is 50.7 Å². The molecule has 0 saturated heterocycles. The van der Waals surface area contributed by atoms with Gasteiger partial charge in [-0.25, -0.2) is 9.18 Å². The summed E-state index contributed by atoms with van der Waals surface area (Å²) in [4.78, 5) is 24.6. The number of Topliss-reactive ketones (excluding diaryl/α,β-unsaturated/α-hetero) is 1. The molecule has 0 bridgehead atoms. The number of rotatable bonds is 5. The molecule has 0 fully saturated rings. The first-order chi connectivity index (χ1) is 14.4. The van der Waals surface area contributed by atoms with Crippen molar-refractivity contribution in [1.82, 2.24) is 10.2 Å². The van der Waals surface area contributed by atoms with E-state index in [2.05, 4.69) is 10.2 Å². The Kier molecular flexibility index (Phi) is 5.30. The van der Waals surface area contributed by atoms with Crippen LogP contribution in [0.4, 0.5) is 4.39 Å². The van der Waals surface area contributed by atoms with Crippen LogP contribution in [0.2, 0.25) is 5.02 Å². The third-order valence-electron chi connectivity index (χ3n) is 5.38. The summed E-state index contributed by atoms with van der Waals surface area (Å²) in [5.41, 5.74) is 1.96. The van der Waals surface area contributed by atoms with Crippen LogP contribution >= 0.6 is 11.6 Å². The number of hydrogen-bond acceptors (Lipinski definition) is 4. The molecule has 1 heterocycles. The molecule has 0 amide bonds. The molecule has 2 aromatic carbocycles. The molecule has 154 valence electrons. The molecule has 30 heavy (non-hydrogen) atoms. The summed E-state index contributed by atoms with van der Waals surface area (Å²) >= 11 is 6.31. The first-order valence-electron chi connectivity index (χ1n) is 9.39. The van der Waals surface area contributed by atoms with Crippen LogP contribution in [0.5, 0.6) is 5.75 Å². The number of nitrogens with one attached hydrogen (secondary N) is 1. The number of nitrogens with zero attached hydrogens (tertiary/aromatic N) is 1. The highest BCUT2D eigenvalue weighted by Gasteiger charge is 2.35. The molecule has 6 nitrogen and oxygen atoms in total. The van der Waals surface area contributed by atoms with Crippen LogP contribution < -0.4 is 4.74 Å². The zero-order valence-corrected chi connectivity index (χ0v) is 16.8. The van der Waals surface area contributed by atoms with Crippen molar-refractivity contribution in [2.45, 2.75) is 25.2 Å². The number of carbonyl (C=O) groups is 2. The number of fused-ring (bicyclic) bond motifs is 1. The minimum atomic E-state index is -1.22. The Morgan fingerprint density at radius 1 is 1.30 bits per heavy atom. The lowest BCUT2D eigenvalue weighted by atomic mass is 9.79. The number of carboxylic acid groups (broad SMARTS) is 1. The summed E-state index contributed by atoms with van der Waals surface area (Å²) in [5, 5.41) is 16.6. The highest BCUT2D eigenvalue weighted by molar-refractivity contribution is 6.34. The minimum Gasteiger partial charge on any atom is -0.496 e. The Morgan fingerprint density at radius 2 is 2.10 bits per heavy atom. The van der Waals surface area contributed by atoms with E-state index in [4.69, 9.17) is 21.4 Å². The number of carbonyl (C=O) groups excluding carboxylic acids is 1. The van der Waals surface area contributed by atoms with Crippen molar-refractivity contribution in [3.8, 4) is 17.0 Å². The summed E-state index contributed by atoms with van der Waals surface area (Å²) < 4.78 is 20.1. The lowest BCUT2D eigenvalue weighted by molar-refractivity contribution is 0.0696. The maximum Gasteiger partial charge on any atom is 0.335 e. The van der Waals surface area contributed by atoms with E-state index in [1.165, 1.54) is 19.2 Å². The normalized spacial score (nSPS) is 15.5. The highest BCUT2D eigenvalue weighted by Crippen LogP contribution is 2.42. The van der Waals surface area contributed by atoms with Gasteiger partial charge in [-0.15, -0.1) is 0 Å². The summed E-state index contributed by atoms with van der Waals surface area (Å²) in [7, 11) is 1.47. The number of aromatic carboxylic acids is 1. The van der Waals surface area contributed by atoms with E-state index in [-0.39, 0.29) is 27.5 Å². The molecule has 0 radical (unpaired) electrons. The SMILES string of the molecule is COc1cccc(Cl)c1C(=O)C1CCCc2[nH]nc(-c3ccc(C(=O)O)cc3F)c21. The van der Waals surface area contributed by atoms with Gasteiger partial charge in [0.25, 0.3) is 0 Å². The molecule has 0 aliphatic heterocycles. The van der Waals surface area contributed by atoms with E-state index in [1.807, 2.05) is 0 Å². The Balaban J connectivity index is 1.82. The van der Waals surface area contributed by atoms with Crippen molar-refractivity contribution < 1.29 is 23.8 Å². The summed E-state index contributed by atoms with van der Waals surface area (Å²) in [6.07, 6.45) is 2.00. The van der Waals surface area contributed by atoms with Gasteiger partial charge in [0.15, 0.2) is 5.78 Å². The molecule has 3 aromatic rings. The number of methoxy groups -OCH3 is 1. The minimum absolute atomic E-state index is 0.142. The van der Waals surface area contributed by atoms with Crippen LogP contribution in [0.15, 0.2) is 36.4 Å². The third kappa shape index (κ3) is 3.35. The molecule has 4 rings (SSSR count). The van der Waals surface area contributed by atoms with Crippen LogP contribution in [-0.4, -0.2) is 34.2 Å². The number of ether oxygens (including phenoxy) is 1. The van der Waals surface area contributed by atoms with Crippen molar-refractivity contribution in [2.75, 3.05) is 7.11 Å². The number of H-pyrrole nitrogens is 1. The summed E-state index contributed by atoms with van der Waals surface area (Å²) in [5.74, 6) is -2.35. The highest BCUT2D eigenvalue weighted by atomic mass is 35.5. The molecule has 1 aromatic heterocycles. The molecular formula is C22H18ClFN2O4. The van der Waals surface area contributed by atoms with Gasteiger partial charge in [-0.05, 0) is 49.6 Å². The van der Waals surface area contributed by atoms with E-state index in [0.717, 1.165) is 18.2 Å². The Bertz CT molecular complexity index is 1160. The fraction of sp³-hybridized carbons (Fsp3) is 0.227. The van der Waals surface area contributed by atoms with Crippen LogP contribution in [0, 0.1) is 5.82 Å². The molecule has 1 aliphatic carbocycles. The maximum absolute atomic E-state index is 14.7. The van der Waals surface area contributed by atoms with Gasteiger partial charge >= 0.3 is 5.97 Å². The number of halogens is 2. The topological polar surface area (TPSA) is 92.3 Å². The second-order valence-electron chi connectivity index (χ2n) is 7.09. The van der Waals surface area contributed by atoms with Crippen molar-refractivity contribution in [1.29, 1.82) is 0 Å². The number of aromatic amines is 1. The number of aryl methyl sites for hydroxylation is 1. The molecule has 2 N–H and O–H groups in total. The van der Waals surface area contributed by atoms with Gasteiger partial charge in [0, 0.05) is 16.8 Å². The van der Waals surface area contributed by atoms with Crippen LogP contribution in [-0.2, 0) is 6.42 Å². The van der Waals surface area contributed by atoms with Gasteiger partial charge < -0.3 is 9.84 Å². The molecular weight excluding hydrogens is 411 g/mol. The van der Waals surface area contributed by atoms with Gasteiger partial charge in [0.2, 0.25) is 0 Å². The summed E-state index contributed by atoms with van der Waals surface area (Å²) in [6.45, 7) is 0. The van der Waals surface area contributed by atoms with Crippen molar-refractivity contribution in [3.63, 3.8) is 0 Å². The predicted octanol–water partition coefficient (Wildman–Crippen LogP) is 4.88. The summed E-state index contributed by atoms with van der Waals surface area (Å²) in [6, 6.07) is 8.65. The zero-order chi connectivity index (χ0) is 21.4. The van der Waals surface area contributed by atoms with Crippen LogP contribution in [0.3, 0.4) is 0 Å². The quantitative estimate of drug-likeness (QED) is 0.565. The monoisotopic (exact) mass is 428 g/mol. The Morgan fingerprint density at radius 3 is 2.80 bits per heavy atom. The third-order valence-corrected chi connectivity index (χ3v) is 5.70. The number of ketones is 1. The molecule has 0 spiro atoms. The lowest BCUT2D eigenvalue weighted by Crippen LogP contribution is -2.20. The number of benzene rings is 2. The van der Waals surface area contributed by atoms with Crippen LogP contribution in [0.25, 0.3) is 11.3 Å². The smallest absolute Gasteiger partial charge is 0.335 e. The number of carboxylic acids is 1. The Labute approximate surface area is 176 Å². The first-order valence-corrected chi connectivity index (χ1v) is 9.77. The number of aromatic nitrogens is 2. The predicted molar refractivity (Wildman–Crippen MR) is 109 cm³/mol. The molecule has 0 saturated carbocycles. The zero-order valence-electron chi connectivity index (χ0n) is 16.0. The van der Waals surface area contributed by atoms with E-state index in [0.29, 0.717) is 29.8 Å². The second-order valence-corrected chi connectivity index (χ2v) is 7.50. The molecule has 1 atom stereocenters. The average Bonchev–Trinajstić information content (AvgIpc) is 3.17. The Hall–Kier alpha value is -3.19.